The molecule has 0 aliphatic carbocycles. The van der Waals surface area contributed by atoms with Crippen molar-refractivity contribution < 1.29 is 28.7 Å². The van der Waals surface area contributed by atoms with Gasteiger partial charge in [0.15, 0.2) is 0 Å². The van der Waals surface area contributed by atoms with Gasteiger partial charge in [-0.15, -0.1) is 0 Å². The third-order valence-corrected chi connectivity index (χ3v) is 5.99. The molecule has 33 heavy (non-hydrogen) atoms. The van der Waals surface area contributed by atoms with Crippen molar-refractivity contribution in [2.45, 2.75) is 13.5 Å². The smallest absolute Gasteiger partial charge is 0.409 e. The highest BCUT2D eigenvalue weighted by Crippen LogP contribution is 2.23. The fourth-order valence-electron chi connectivity index (χ4n) is 4.18. The van der Waals surface area contributed by atoms with E-state index in [1.165, 1.54) is 9.80 Å². The molecule has 3 heterocycles. The zero-order chi connectivity index (χ0) is 23.4. The summed E-state index contributed by atoms with van der Waals surface area (Å²) in [4.78, 5) is 55.5. The number of hydrogen-bond acceptors (Lipinski definition) is 6. The van der Waals surface area contributed by atoms with E-state index in [9.17, 15) is 19.2 Å². The summed E-state index contributed by atoms with van der Waals surface area (Å²) < 4.78 is 12.0. The van der Waals surface area contributed by atoms with Gasteiger partial charge < -0.3 is 28.7 Å². The summed E-state index contributed by atoms with van der Waals surface area (Å²) in [5.74, 6) is -1.28. The van der Waals surface area contributed by atoms with E-state index in [4.69, 9.17) is 9.47 Å². The van der Waals surface area contributed by atoms with E-state index in [-0.39, 0.29) is 37.7 Å². The van der Waals surface area contributed by atoms with Crippen molar-refractivity contribution >= 4 is 34.6 Å². The Morgan fingerprint density at radius 1 is 0.909 bits per heavy atom. The van der Waals surface area contributed by atoms with E-state index >= 15 is 0 Å². The lowest BCUT2D eigenvalue weighted by atomic mass is 10.1. The lowest BCUT2D eigenvalue weighted by Gasteiger charge is -2.33. The molecule has 0 bridgehead atoms. The first-order chi connectivity index (χ1) is 16.0. The molecule has 0 unspecified atom stereocenters. The van der Waals surface area contributed by atoms with E-state index in [2.05, 4.69) is 0 Å². The first-order valence-electron chi connectivity index (χ1n) is 11.2. The van der Waals surface area contributed by atoms with Crippen LogP contribution in [0.5, 0.6) is 0 Å². The van der Waals surface area contributed by atoms with Crippen molar-refractivity contribution in [1.82, 2.24) is 19.3 Å². The Hall–Kier alpha value is -3.40. The number of piperazine rings is 1. The van der Waals surface area contributed by atoms with E-state index in [1.807, 2.05) is 12.1 Å². The molecular weight excluding hydrogens is 428 g/mol. The lowest BCUT2D eigenvalue weighted by Crippen LogP contribution is -2.52. The lowest BCUT2D eigenvalue weighted by molar-refractivity contribution is -0.135. The normalized spacial score (nSPS) is 16.7. The Kier molecular flexibility index (Phi) is 6.93. The molecule has 0 N–H and O–H groups in total. The number of para-hydroxylation sites is 1. The van der Waals surface area contributed by atoms with Gasteiger partial charge in [0.05, 0.1) is 25.4 Å². The molecule has 1 aromatic heterocycles. The molecule has 3 amide bonds. The van der Waals surface area contributed by atoms with Crippen LogP contribution in [-0.2, 0) is 25.6 Å². The van der Waals surface area contributed by atoms with E-state index in [0.717, 1.165) is 5.52 Å². The quantitative estimate of drug-likeness (QED) is 0.491. The molecule has 2 aliphatic rings. The van der Waals surface area contributed by atoms with Gasteiger partial charge in [0.2, 0.25) is 5.91 Å². The van der Waals surface area contributed by atoms with Crippen LogP contribution in [0.15, 0.2) is 30.5 Å². The number of amides is 3. The molecule has 0 spiro atoms. The average Bonchev–Trinajstić information content (AvgIpc) is 3.22. The first-order valence-corrected chi connectivity index (χ1v) is 11.2. The largest absolute Gasteiger partial charge is 0.450 e. The van der Waals surface area contributed by atoms with E-state index in [0.29, 0.717) is 44.8 Å². The highest BCUT2D eigenvalue weighted by atomic mass is 16.6. The molecule has 2 aliphatic heterocycles. The van der Waals surface area contributed by atoms with E-state index in [1.54, 1.807) is 34.7 Å². The highest BCUT2D eigenvalue weighted by Gasteiger charge is 2.31. The number of aromatic nitrogens is 1. The number of ketones is 1. The molecule has 2 aromatic rings. The van der Waals surface area contributed by atoms with Gasteiger partial charge in [-0.05, 0) is 13.0 Å². The van der Waals surface area contributed by atoms with Crippen molar-refractivity contribution in [2.75, 3.05) is 59.1 Å². The summed E-state index contributed by atoms with van der Waals surface area (Å²) in [6, 6.07) is 7.25. The SMILES string of the molecule is CCOC(=O)N1CCN(C(=O)C(=O)c2cn(CC(=O)N3CCOCC3)c3ccccc23)CC1. The molecule has 0 atom stereocenters. The number of fused-ring (bicyclic) bond motifs is 1. The summed E-state index contributed by atoms with van der Waals surface area (Å²) in [6.45, 7) is 5.37. The van der Waals surface area contributed by atoms with Gasteiger partial charge in [0.25, 0.3) is 11.7 Å². The maximum atomic E-state index is 13.2. The molecule has 1 aromatic carbocycles. The predicted molar refractivity (Wildman–Crippen MR) is 119 cm³/mol. The number of hydrogen-bond donors (Lipinski definition) is 0. The molecular formula is C23H28N4O6. The van der Waals surface area contributed by atoms with Gasteiger partial charge in [-0.2, -0.15) is 0 Å². The second-order valence-corrected chi connectivity index (χ2v) is 7.99. The predicted octanol–water partition coefficient (Wildman–Crippen LogP) is 0.984. The third kappa shape index (κ3) is 4.85. The second kappa shape index (κ2) is 10.0. The summed E-state index contributed by atoms with van der Waals surface area (Å²) in [6.07, 6.45) is 1.18. The zero-order valence-corrected chi connectivity index (χ0v) is 18.7. The summed E-state index contributed by atoms with van der Waals surface area (Å²) in [7, 11) is 0. The Morgan fingerprint density at radius 3 is 2.27 bits per heavy atom. The van der Waals surface area contributed by atoms with Gasteiger partial charge in [0.1, 0.15) is 6.54 Å². The highest BCUT2D eigenvalue weighted by molar-refractivity contribution is 6.44. The Morgan fingerprint density at radius 2 is 1.58 bits per heavy atom. The Balaban J connectivity index is 1.48. The number of morpholine rings is 1. The Labute approximate surface area is 191 Å². The van der Waals surface area contributed by atoms with E-state index < -0.39 is 17.8 Å². The Bertz CT molecular complexity index is 1050. The van der Waals surface area contributed by atoms with Crippen LogP contribution in [0.4, 0.5) is 4.79 Å². The third-order valence-electron chi connectivity index (χ3n) is 5.99. The van der Waals surface area contributed by atoms with Crippen LogP contribution in [-0.4, -0.2) is 102 Å². The summed E-state index contributed by atoms with van der Waals surface area (Å²) >= 11 is 0. The molecule has 2 saturated heterocycles. The van der Waals surface area contributed by atoms with Crippen molar-refractivity contribution in [3.05, 3.63) is 36.0 Å². The first kappa shape index (κ1) is 22.8. The number of benzene rings is 1. The maximum absolute atomic E-state index is 13.2. The van der Waals surface area contributed by atoms with Gasteiger partial charge in [-0.25, -0.2) is 4.79 Å². The topological polar surface area (TPSA) is 101 Å². The van der Waals surface area contributed by atoms with Crippen LogP contribution in [0.2, 0.25) is 0 Å². The average molecular weight is 456 g/mol. The van der Waals surface area contributed by atoms with Crippen molar-refractivity contribution in [1.29, 1.82) is 0 Å². The molecule has 0 radical (unpaired) electrons. The molecule has 176 valence electrons. The minimum absolute atomic E-state index is 0.0561. The van der Waals surface area contributed by atoms with Gasteiger partial charge in [-0.3, -0.25) is 14.4 Å². The van der Waals surface area contributed by atoms with Crippen molar-refractivity contribution in [3.8, 4) is 0 Å². The second-order valence-electron chi connectivity index (χ2n) is 7.99. The minimum atomic E-state index is -0.617. The molecule has 2 fully saturated rings. The molecule has 10 nitrogen and oxygen atoms in total. The number of carbonyl (C=O) groups excluding carboxylic acids is 4. The van der Waals surface area contributed by atoms with Gasteiger partial charge in [0, 0.05) is 56.4 Å². The van der Waals surface area contributed by atoms with Crippen LogP contribution < -0.4 is 0 Å². The standard InChI is InChI=1S/C23H28N4O6/c1-2-33-23(31)26-9-7-25(8-10-26)22(30)21(29)18-15-27(19-6-4-3-5-17(18)19)16-20(28)24-11-13-32-14-12-24/h3-6,15H,2,7-14,16H2,1H3. The monoisotopic (exact) mass is 456 g/mol. The minimum Gasteiger partial charge on any atom is -0.450 e. The van der Waals surface area contributed by atoms with Crippen LogP contribution in [0.1, 0.15) is 17.3 Å². The number of nitrogens with zero attached hydrogens (tertiary/aromatic N) is 4. The summed E-state index contributed by atoms with van der Waals surface area (Å²) in [5, 5.41) is 0.635. The summed E-state index contributed by atoms with van der Waals surface area (Å²) in [5.41, 5.74) is 1.00. The fraction of sp³-hybridized carbons (Fsp3) is 0.478. The fourth-order valence-corrected chi connectivity index (χ4v) is 4.18. The number of rotatable bonds is 5. The number of carbonyl (C=O) groups is 4. The van der Waals surface area contributed by atoms with Crippen molar-refractivity contribution in [2.24, 2.45) is 0 Å². The van der Waals surface area contributed by atoms with Crippen LogP contribution in [0.3, 0.4) is 0 Å². The van der Waals surface area contributed by atoms with Gasteiger partial charge in [-0.1, -0.05) is 18.2 Å². The number of Topliss-reactive ketones (excluding diaryl/α,β-unsaturated/α-hetero) is 1. The van der Waals surface area contributed by atoms with Crippen LogP contribution in [0, 0.1) is 0 Å². The van der Waals surface area contributed by atoms with Crippen LogP contribution in [0.25, 0.3) is 10.9 Å². The maximum Gasteiger partial charge on any atom is 0.409 e. The zero-order valence-electron chi connectivity index (χ0n) is 18.7. The molecule has 0 saturated carbocycles. The molecule has 10 heteroatoms. The van der Waals surface area contributed by atoms with Crippen LogP contribution >= 0.6 is 0 Å². The van der Waals surface area contributed by atoms with Crippen molar-refractivity contribution in [3.63, 3.8) is 0 Å². The molecule has 4 rings (SSSR count). The number of ether oxygens (including phenoxy) is 2. The van der Waals surface area contributed by atoms with Gasteiger partial charge >= 0.3 is 6.09 Å².